The van der Waals surface area contributed by atoms with Gasteiger partial charge in [-0.15, -0.1) is 0 Å². The van der Waals surface area contributed by atoms with Crippen molar-refractivity contribution < 1.29 is 20.1 Å². The summed E-state index contributed by atoms with van der Waals surface area (Å²) in [7, 11) is 0. The molecule has 20 heavy (non-hydrogen) atoms. The summed E-state index contributed by atoms with van der Waals surface area (Å²) in [4.78, 5) is 12.2. The third-order valence-electron chi connectivity index (χ3n) is 3.45. The molecule has 1 saturated heterocycles. The van der Waals surface area contributed by atoms with E-state index in [9.17, 15) is 10.2 Å². The van der Waals surface area contributed by atoms with Crippen LogP contribution in [-0.2, 0) is 4.74 Å². The van der Waals surface area contributed by atoms with Gasteiger partial charge >= 0.3 is 0 Å². The Bertz CT molecular complexity index is 645. The molecule has 0 spiro atoms. The zero-order valence-corrected chi connectivity index (χ0v) is 10.7. The Morgan fingerprint density at radius 3 is 2.75 bits per heavy atom. The number of nitrogens with zero attached hydrogens (tertiary/aromatic N) is 4. The first kappa shape index (κ1) is 13.2. The number of nitrogen functional groups attached to an aromatic ring is 1. The van der Waals surface area contributed by atoms with Gasteiger partial charge in [0.25, 0.3) is 0 Å². The minimum atomic E-state index is -1.19. The zero-order chi connectivity index (χ0) is 14.4. The number of aliphatic hydroxyl groups is 3. The molecule has 0 saturated carbocycles. The van der Waals surface area contributed by atoms with Crippen LogP contribution in [0.25, 0.3) is 11.2 Å². The molecule has 0 unspecified atom stereocenters. The third kappa shape index (κ3) is 1.75. The van der Waals surface area contributed by atoms with Crippen molar-refractivity contribution in [3.8, 4) is 0 Å². The summed E-state index contributed by atoms with van der Waals surface area (Å²) >= 11 is 0. The fourth-order valence-corrected chi connectivity index (χ4v) is 2.43. The van der Waals surface area contributed by atoms with Gasteiger partial charge in [0, 0.05) is 0 Å². The zero-order valence-electron chi connectivity index (χ0n) is 10.7. The van der Waals surface area contributed by atoms with E-state index in [1.165, 1.54) is 10.9 Å². The smallest absolute Gasteiger partial charge is 0.167 e. The lowest BCUT2D eigenvalue weighted by molar-refractivity contribution is -0.0519. The van der Waals surface area contributed by atoms with Crippen LogP contribution in [0.15, 0.2) is 6.33 Å². The minimum Gasteiger partial charge on any atom is -0.394 e. The van der Waals surface area contributed by atoms with Gasteiger partial charge < -0.3 is 25.8 Å². The topological polar surface area (TPSA) is 140 Å². The summed E-state index contributed by atoms with van der Waals surface area (Å²) in [6.45, 7) is 1.31. The number of ether oxygens (including phenoxy) is 1. The molecule has 1 aliphatic heterocycles. The molecule has 3 heterocycles. The SMILES string of the molecule is Cc1nc2c(N)ncnc2n1[C@@H]1O[C@H](CO)[C@@H](O)[C@H]1O. The van der Waals surface area contributed by atoms with Crippen LogP contribution in [-0.4, -0.2) is 59.8 Å². The molecule has 1 aliphatic rings. The van der Waals surface area contributed by atoms with Gasteiger partial charge in [0.05, 0.1) is 6.61 Å². The Kier molecular flexibility index (Phi) is 3.05. The van der Waals surface area contributed by atoms with E-state index < -0.39 is 31.1 Å². The average molecular weight is 281 g/mol. The molecule has 0 radical (unpaired) electrons. The number of hydrogen-bond acceptors (Lipinski definition) is 8. The predicted octanol–water partition coefficient (Wildman–Crippen LogP) is -1.67. The first-order valence-corrected chi connectivity index (χ1v) is 6.12. The second-order valence-electron chi connectivity index (χ2n) is 4.69. The molecule has 2 aromatic heterocycles. The molecule has 9 heteroatoms. The summed E-state index contributed by atoms with van der Waals surface area (Å²) in [6.07, 6.45) is -2.83. The van der Waals surface area contributed by atoms with E-state index in [2.05, 4.69) is 15.0 Å². The first-order chi connectivity index (χ1) is 9.54. The van der Waals surface area contributed by atoms with E-state index in [1.54, 1.807) is 6.92 Å². The van der Waals surface area contributed by atoms with Gasteiger partial charge in [0.1, 0.15) is 30.5 Å². The molecule has 1 fully saturated rings. The molecule has 2 aromatic rings. The molecule has 0 amide bonds. The van der Waals surface area contributed by atoms with Crippen LogP contribution in [0.5, 0.6) is 0 Å². The second-order valence-corrected chi connectivity index (χ2v) is 4.69. The molecule has 9 nitrogen and oxygen atoms in total. The lowest BCUT2D eigenvalue weighted by Gasteiger charge is -2.18. The Morgan fingerprint density at radius 2 is 2.10 bits per heavy atom. The Morgan fingerprint density at radius 1 is 1.35 bits per heavy atom. The second kappa shape index (κ2) is 4.63. The molecular weight excluding hydrogens is 266 g/mol. The van der Waals surface area contributed by atoms with Crippen LogP contribution >= 0.6 is 0 Å². The highest BCUT2D eigenvalue weighted by atomic mass is 16.6. The predicted molar refractivity (Wildman–Crippen MR) is 67.5 cm³/mol. The van der Waals surface area contributed by atoms with Crippen LogP contribution in [0.4, 0.5) is 5.82 Å². The van der Waals surface area contributed by atoms with Crippen LogP contribution < -0.4 is 5.73 Å². The van der Waals surface area contributed by atoms with E-state index in [0.717, 1.165) is 0 Å². The Balaban J connectivity index is 2.11. The highest BCUT2D eigenvalue weighted by Gasteiger charge is 2.44. The lowest BCUT2D eigenvalue weighted by atomic mass is 10.1. The number of aryl methyl sites for hydroxylation is 1. The van der Waals surface area contributed by atoms with Crippen molar-refractivity contribution in [3.05, 3.63) is 12.2 Å². The van der Waals surface area contributed by atoms with Crippen LogP contribution in [0.1, 0.15) is 12.1 Å². The van der Waals surface area contributed by atoms with Crippen molar-refractivity contribution in [2.24, 2.45) is 0 Å². The lowest BCUT2D eigenvalue weighted by Crippen LogP contribution is -2.33. The molecule has 4 atom stereocenters. The molecule has 3 rings (SSSR count). The van der Waals surface area contributed by atoms with Crippen LogP contribution in [0.3, 0.4) is 0 Å². The largest absolute Gasteiger partial charge is 0.394 e. The van der Waals surface area contributed by atoms with Crippen molar-refractivity contribution in [3.63, 3.8) is 0 Å². The summed E-state index contributed by atoms with van der Waals surface area (Å²) in [5.41, 5.74) is 6.55. The summed E-state index contributed by atoms with van der Waals surface area (Å²) in [5, 5.41) is 29.0. The van der Waals surface area contributed by atoms with Crippen LogP contribution in [0, 0.1) is 6.92 Å². The van der Waals surface area contributed by atoms with Crippen molar-refractivity contribution >= 4 is 17.0 Å². The van der Waals surface area contributed by atoms with Gasteiger partial charge in [0.2, 0.25) is 0 Å². The van der Waals surface area contributed by atoms with Gasteiger partial charge in [-0.1, -0.05) is 0 Å². The summed E-state index contributed by atoms with van der Waals surface area (Å²) < 4.78 is 7.02. The molecule has 108 valence electrons. The first-order valence-electron chi connectivity index (χ1n) is 6.12. The number of anilines is 1. The number of rotatable bonds is 2. The van der Waals surface area contributed by atoms with Gasteiger partial charge in [0.15, 0.2) is 23.2 Å². The van der Waals surface area contributed by atoms with E-state index in [1.807, 2.05) is 0 Å². The van der Waals surface area contributed by atoms with Crippen molar-refractivity contribution in [1.82, 2.24) is 19.5 Å². The van der Waals surface area contributed by atoms with Gasteiger partial charge in [-0.2, -0.15) is 0 Å². The number of hydrogen-bond donors (Lipinski definition) is 4. The fourth-order valence-electron chi connectivity index (χ4n) is 2.43. The van der Waals surface area contributed by atoms with E-state index >= 15 is 0 Å². The van der Waals surface area contributed by atoms with Gasteiger partial charge in [-0.25, -0.2) is 15.0 Å². The molecule has 0 bridgehead atoms. The Labute approximate surface area is 113 Å². The standard InChI is InChI=1S/C11H15N5O4/c1-4-15-6-9(12)13-3-14-10(6)16(4)11-8(19)7(18)5(2-17)20-11/h3,5,7-8,11,17-19H,2H2,1H3,(H2,12,13,14)/t5-,7-,8-,11-/m1/s1. The highest BCUT2D eigenvalue weighted by Crippen LogP contribution is 2.33. The maximum atomic E-state index is 10.1. The summed E-state index contributed by atoms with van der Waals surface area (Å²) in [5.74, 6) is 0.741. The van der Waals surface area contributed by atoms with Crippen LogP contribution in [0.2, 0.25) is 0 Å². The number of nitrogens with two attached hydrogens (primary N) is 1. The molecule has 0 aliphatic carbocycles. The van der Waals surface area contributed by atoms with Gasteiger partial charge in [-0.3, -0.25) is 4.57 Å². The number of fused-ring (bicyclic) bond motifs is 1. The third-order valence-corrected chi connectivity index (χ3v) is 3.45. The van der Waals surface area contributed by atoms with E-state index in [4.69, 9.17) is 15.6 Å². The van der Waals surface area contributed by atoms with Gasteiger partial charge in [-0.05, 0) is 6.92 Å². The van der Waals surface area contributed by atoms with Crippen molar-refractivity contribution in [2.45, 2.75) is 31.5 Å². The quantitative estimate of drug-likeness (QED) is 0.512. The maximum Gasteiger partial charge on any atom is 0.167 e. The number of imidazole rings is 1. The average Bonchev–Trinajstić information content (AvgIpc) is 2.90. The normalized spacial score (nSPS) is 30.2. The van der Waals surface area contributed by atoms with Crippen molar-refractivity contribution in [1.29, 1.82) is 0 Å². The molecular formula is C11H15N5O4. The molecule has 0 aromatic carbocycles. The number of aromatic nitrogens is 4. The summed E-state index contributed by atoms with van der Waals surface area (Å²) in [6, 6.07) is 0. The monoisotopic (exact) mass is 281 g/mol. The van der Waals surface area contributed by atoms with E-state index in [-0.39, 0.29) is 5.82 Å². The fraction of sp³-hybridized carbons (Fsp3) is 0.545. The maximum absolute atomic E-state index is 10.1. The van der Waals surface area contributed by atoms with E-state index in [0.29, 0.717) is 17.0 Å². The highest BCUT2D eigenvalue weighted by molar-refractivity contribution is 5.81. The van der Waals surface area contributed by atoms with Crippen molar-refractivity contribution in [2.75, 3.05) is 12.3 Å². The Hall–Kier alpha value is -1.81. The minimum absolute atomic E-state index is 0.226. The molecule has 5 N–H and O–H groups in total. The number of aliphatic hydroxyl groups excluding tert-OH is 3.